The van der Waals surface area contributed by atoms with E-state index in [-0.39, 0.29) is 29.6 Å². The van der Waals surface area contributed by atoms with Crippen LogP contribution in [0.2, 0.25) is 0 Å². The van der Waals surface area contributed by atoms with E-state index in [0.717, 1.165) is 12.7 Å². The normalized spacial score (nSPS) is 36.9. The van der Waals surface area contributed by atoms with E-state index in [1.165, 1.54) is 0 Å². The molecule has 7 unspecified atom stereocenters. The summed E-state index contributed by atoms with van der Waals surface area (Å²) < 4.78 is 24.2. The number of nitrogens with one attached hydrogen (secondary N) is 3. The minimum atomic E-state index is -3.46. The summed E-state index contributed by atoms with van der Waals surface area (Å²) >= 11 is 12.3. The van der Waals surface area contributed by atoms with Crippen molar-refractivity contribution in [2.75, 3.05) is 6.26 Å². The van der Waals surface area contributed by atoms with Crippen LogP contribution in [0.4, 0.5) is 4.79 Å². The van der Waals surface area contributed by atoms with Gasteiger partial charge in [-0.25, -0.2) is 31.8 Å². The van der Waals surface area contributed by atoms with Crippen molar-refractivity contribution in [2.45, 2.75) is 72.3 Å². The highest BCUT2D eigenvalue weighted by Gasteiger charge is 2.48. The molecule has 0 radical (unpaired) electrons. The Morgan fingerprint density at radius 3 is 2.22 bits per heavy atom. The van der Waals surface area contributed by atoms with E-state index >= 15 is 0 Å². The molecule has 0 aromatic carbocycles. The maximum absolute atomic E-state index is 12.2. The van der Waals surface area contributed by atoms with Gasteiger partial charge in [0.05, 0.1) is 16.7 Å². The zero-order valence-corrected chi connectivity index (χ0v) is 17.2. The maximum Gasteiger partial charge on any atom is 0.329 e. The summed E-state index contributed by atoms with van der Waals surface area (Å²) in [6.45, 7) is 14.4. The van der Waals surface area contributed by atoms with Crippen molar-refractivity contribution in [2.24, 2.45) is 0 Å². The Kier molecular flexibility index (Phi) is 7.58. The Hall–Kier alpha value is -1.26. The molecule has 0 aromatic rings. The van der Waals surface area contributed by atoms with Crippen LogP contribution in [0.25, 0.3) is 9.69 Å². The van der Waals surface area contributed by atoms with Crippen LogP contribution >= 0.6 is 23.2 Å². The smallest absolute Gasteiger partial charge is 0.329 e. The van der Waals surface area contributed by atoms with Gasteiger partial charge >= 0.3 is 6.03 Å². The fourth-order valence-corrected chi connectivity index (χ4v) is 5.76. The van der Waals surface area contributed by atoms with E-state index in [9.17, 15) is 13.2 Å². The number of hydrazine groups is 1. The number of urea groups is 1. The summed E-state index contributed by atoms with van der Waals surface area (Å²) in [5, 5.41) is 1.66. The lowest BCUT2D eigenvalue weighted by molar-refractivity contribution is 0.222. The molecular formula is C16H23Cl2N5O3S. The monoisotopic (exact) mass is 435 g/mol. The molecule has 2 aliphatic rings. The third-order valence-corrected chi connectivity index (χ3v) is 7.64. The van der Waals surface area contributed by atoms with Gasteiger partial charge in [-0.05, 0) is 19.3 Å². The van der Waals surface area contributed by atoms with Gasteiger partial charge < -0.3 is 15.0 Å². The van der Waals surface area contributed by atoms with Crippen molar-refractivity contribution in [3.63, 3.8) is 0 Å². The van der Waals surface area contributed by atoms with E-state index in [1.54, 1.807) is 0 Å². The Balaban J connectivity index is 1.96. The number of hydrogen-bond donors (Lipinski definition) is 3. The first kappa shape index (κ1) is 22.0. The van der Waals surface area contributed by atoms with Gasteiger partial charge in [-0.1, -0.05) is 0 Å². The highest BCUT2D eigenvalue weighted by atomic mass is 35.5. The quantitative estimate of drug-likeness (QED) is 0.355. The van der Waals surface area contributed by atoms with Gasteiger partial charge in [0.2, 0.25) is 0 Å². The van der Waals surface area contributed by atoms with Crippen LogP contribution < -0.4 is 16.2 Å². The summed E-state index contributed by atoms with van der Waals surface area (Å²) in [4.78, 5) is 19.0. The second-order valence-corrected chi connectivity index (χ2v) is 10.6. The largest absolute Gasteiger partial charge is 0.333 e. The molecule has 2 aliphatic carbocycles. The SMILES string of the molecule is [C-]#[N+]C1CC(NNC(=O)NC2CCC(Cl)CC2Cl)C(S(C)(=O)=O)CC1[N+]#[C-]. The van der Waals surface area contributed by atoms with Crippen LogP contribution in [0.5, 0.6) is 0 Å². The van der Waals surface area contributed by atoms with Gasteiger partial charge in [-0.3, -0.25) is 5.43 Å². The van der Waals surface area contributed by atoms with Crippen LogP contribution in [0.3, 0.4) is 0 Å². The highest BCUT2D eigenvalue weighted by Crippen LogP contribution is 2.29. The van der Waals surface area contributed by atoms with Gasteiger partial charge in [0, 0.05) is 30.5 Å². The molecule has 3 N–H and O–H groups in total. The Labute approximate surface area is 169 Å². The Morgan fingerprint density at radius 1 is 1.04 bits per heavy atom. The summed E-state index contributed by atoms with van der Waals surface area (Å²) in [6, 6.07) is -2.64. The standard InChI is InChI=1S/C16H23Cl2N5O3S/c1-19-12-7-14(15(27(3,25)26)8-13(12)20-2)22-23-16(24)21-11-5-4-9(17)6-10(11)18/h9-15,22H,4-8H2,3H3,(H2,21,23,24). The summed E-state index contributed by atoms with van der Waals surface area (Å²) in [5.41, 5.74) is 5.22. The molecule has 11 heteroatoms. The molecule has 2 fully saturated rings. The number of nitrogens with zero attached hydrogens (tertiary/aromatic N) is 2. The van der Waals surface area contributed by atoms with Crippen LogP contribution in [-0.4, -0.2) is 60.9 Å². The summed E-state index contributed by atoms with van der Waals surface area (Å²) in [6.07, 6.45) is 3.37. The third kappa shape index (κ3) is 5.86. The van der Waals surface area contributed by atoms with Crippen LogP contribution in [0.15, 0.2) is 0 Å². The van der Waals surface area contributed by atoms with Gasteiger partial charge in [-0.2, -0.15) is 0 Å². The molecule has 2 saturated carbocycles. The molecule has 0 aromatic heterocycles. The first-order valence-corrected chi connectivity index (χ1v) is 11.5. The van der Waals surface area contributed by atoms with E-state index in [2.05, 4.69) is 25.9 Å². The number of halogens is 2. The fraction of sp³-hybridized carbons (Fsp3) is 0.812. The lowest BCUT2D eigenvalue weighted by atomic mass is 9.87. The first-order chi connectivity index (χ1) is 12.7. The van der Waals surface area contributed by atoms with Gasteiger partial charge in [-0.15, -0.1) is 23.2 Å². The molecule has 8 nitrogen and oxygen atoms in total. The minimum Gasteiger partial charge on any atom is -0.333 e. The number of amides is 2. The molecule has 0 aliphatic heterocycles. The van der Waals surface area contributed by atoms with Gasteiger partial charge in [0.1, 0.15) is 0 Å². The maximum atomic E-state index is 12.2. The van der Waals surface area contributed by atoms with E-state index in [0.29, 0.717) is 12.8 Å². The molecule has 0 spiro atoms. The molecule has 0 bridgehead atoms. The Bertz CT molecular complexity index is 735. The highest BCUT2D eigenvalue weighted by molar-refractivity contribution is 7.91. The third-order valence-electron chi connectivity index (χ3n) is 5.14. The number of sulfone groups is 1. The van der Waals surface area contributed by atoms with Crippen molar-refractivity contribution in [3.8, 4) is 0 Å². The van der Waals surface area contributed by atoms with Gasteiger partial charge in [0.25, 0.3) is 12.1 Å². The summed E-state index contributed by atoms with van der Waals surface area (Å²) in [7, 11) is -3.46. The van der Waals surface area contributed by atoms with Crippen molar-refractivity contribution >= 4 is 39.1 Å². The number of hydrogen-bond acceptors (Lipinski definition) is 4. The van der Waals surface area contributed by atoms with Crippen molar-refractivity contribution in [1.29, 1.82) is 0 Å². The second kappa shape index (κ2) is 9.29. The molecule has 2 amide bonds. The lowest BCUT2D eigenvalue weighted by Crippen LogP contribution is -2.60. The number of alkyl halides is 2. The van der Waals surface area contributed by atoms with Crippen LogP contribution in [0, 0.1) is 13.1 Å². The zero-order chi connectivity index (χ0) is 20.2. The van der Waals surface area contributed by atoms with Crippen molar-refractivity contribution < 1.29 is 13.2 Å². The average Bonchev–Trinajstić information content (AvgIpc) is 2.60. The molecule has 2 rings (SSSR count). The minimum absolute atomic E-state index is 0.00504. The van der Waals surface area contributed by atoms with Crippen molar-refractivity contribution in [1.82, 2.24) is 16.2 Å². The molecule has 150 valence electrons. The molecule has 0 heterocycles. The number of carbonyl (C=O) groups excluding carboxylic acids is 1. The van der Waals surface area contributed by atoms with E-state index in [1.807, 2.05) is 0 Å². The predicted octanol–water partition coefficient (Wildman–Crippen LogP) is 1.71. The summed E-state index contributed by atoms with van der Waals surface area (Å²) in [5.74, 6) is 0. The van der Waals surface area contributed by atoms with Crippen LogP contribution in [0.1, 0.15) is 32.1 Å². The van der Waals surface area contributed by atoms with Gasteiger partial charge in [0.15, 0.2) is 9.84 Å². The topological polar surface area (TPSA) is 96.0 Å². The Morgan fingerprint density at radius 2 is 1.67 bits per heavy atom. The molecule has 0 saturated heterocycles. The average molecular weight is 436 g/mol. The van der Waals surface area contributed by atoms with Crippen LogP contribution in [-0.2, 0) is 9.84 Å². The first-order valence-electron chi connectivity index (χ1n) is 8.67. The second-order valence-electron chi connectivity index (χ2n) is 7.11. The lowest BCUT2D eigenvalue weighted by Gasteiger charge is -2.33. The number of carbonyl (C=O) groups is 1. The molecule has 27 heavy (non-hydrogen) atoms. The molecular weight excluding hydrogens is 413 g/mol. The predicted molar refractivity (Wildman–Crippen MR) is 104 cm³/mol. The molecule has 7 atom stereocenters. The fourth-order valence-electron chi connectivity index (χ4n) is 3.62. The van der Waals surface area contributed by atoms with E-state index in [4.69, 9.17) is 36.3 Å². The van der Waals surface area contributed by atoms with Crippen molar-refractivity contribution in [3.05, 3.63) is 22.8 Å². The zero-order valence-electron chi connectivity index (χ0n) is 14.9. The van der Waals surface area contributed by atoms with E-state index < -0.39 is 39.2 Å². The number of rotatable bonds is 4.